The van der Waals surface area contributed by atoms with E-state index in [4.69, 9.17) is 10.8 Å². The van der Waals surface area contributed by atoms with E-state index in [0.29, 0.717) is 12.2 Å². The third kappa shape index (κ3) is 3.18. The average Bonchev–Trinajstić information content (AvgIpc) is 2.17. The number of hydrogen-bond donors (Lipinski definition) is 2. The van der Waals surface area contributed by atoms with Crippen LogP contribution in [0.25, 0.3) is 0 Å². The van der Waals surface area contributed by atoms with Crippen molar-refractivity contribution in [3.63, 3.8) is 0 Å². The van der Waals surface area contributed by atoms with Crippen molar-refractivity contribution in [3.8, 4) is 0 Å². The topological polar surface area (TPSA) is 49.5 Å². The Labute approximate surface area is 89.3 Å². The van der Waals surface area contributed by atoms with Gasteiger partial charge in [0.15, 0.2) is 0 Å². The quantitative estimate of drug-likeness (QED) is 0.782. The minimum Gasteiger partial charge on any atom is -0.394 e. The Balaban J connectivity index is 2.78. The second kappa shape index (κ2) is 4.59. The van der Waals surface area contributed by atoms with Crippen LogP contribution in [0.15, 0.2) is 24.3 Å². The standard InChI is InChI=1S/C11H17FN2O/c1-11(13,8-15)7-14(2)10-6-4-3-5-9(10)12/h3-6,15H,7-8,13H2,1-2H3. The molecular weight excluding hydrogens is 195 g/mol. The van der Waals surface area contributed by atoms with Crippen molar-refractivity contribution >= 4 is 5.69 Å². The van der Waals surface area contributed by atoms with Gasteiger partial charge in [-0.25, -0.2) is 4.39 Å². The number of rotatable bonds is 4. The third-order valence-electron chi connectivity index (χ3n) is 2.22. The molecule has 3 nitrogen and oxygen atoms in total. The van der Waals surface area contributed by atoms with Crippen molar-refractivity contribution in [2.45, 2.75) is 12.5 Å². The van der Waals surface area contributed by atoms with E-state index < -0.39 is 5.54 Å². The molecule has 0 aliphatic heterocycles. The summed E-state index contributed by atoms with van der Waals surface area (Å²) in [6, 6.07) is 6.49. The zero-order valence-corrected chi connectivity index (χ0v) is 9.07. The molecule has 0 bridgehead atoms. The van der Waals surface area contributed by atoms with E-state index >= 15 is 0 Å². The minimum atomic E-state index is -0.725. The molecule has 0 aliphatic carbocycles. The minimum absolute atomic E-state index is 0.133. The summed E-state index contributed by atoms with van der Waals surface area (Å²) in [6.45, 7) is 1.99. The first kappa shape index (κ1) is 11.9. The van der Waals surface area contributed by atoms with E-state index in [-0.39, 0.29) is 12.4 Å². The van der Waals surface area contributed by atoms with Crippen LogP contribution in [0.2, 0.25) is 0 Å². The molecule has 0 fully saturated rings. The number of anilines is 1. The van der Waals surface area contributed by atoms with Gasteiger partial charge < -0.3 is 15.7 Å². The highest BCUT2D eigenvalue weighted by atomic mass is 19.1. The van der Waals surface area contributed by atoms with Gasteiger partial charge in [0, 0.05) is 13.6 Å². The number of hydrogen-bond acceptors (Lipinski definition) is 3. The van der Waals surface area contributed by atoms with Crippen LogP contribution < -0.4 is 10.6 Å². The molecule has 3 N–H and O–H groups in total. The number of para-hydroxylation sites is 1. The van der Waals surface area contributed by atoms with E-state index in [2.05, 4.69) is 0 Å². The lowest BCUT2D eigenvalue weighted by atomic mass is 10.0. The normalized spacial score (nSPS) is 14.7. The third-order valence-corrected chi connectivity index (χ3v) is 2.22. The van der Waals surface area contributed by atoms with Gasteiger partial charge in [0.1, 0.15) is 5.82 Å². The van der Waals surface area contributed by atoms with E-state index in [0.717, 1.165) is 0 Å². The lowest BCUT2D eigenvalue weighted by Crippen LogP contribution is -2.49. The fourth-order valence-corrected chi connectivity index (χ4v) is 1.44. The van der Waals surface area contributed by atoms with Crippen molar-refractivity contribution in [1.82, 2.24) is 0 Å². The predicted octanol–water partition coefficient (Wildman–Crippen LogP) is 0.972. The molecule has 0 aliphatic rings. The monoisotopic (exact) mass is 212 g/mol. The molecule has 0 radical (unpaired) electrons. The molecule has 1 aromatic carbocycles. The summed E-state index contributed by atoms with van der Waals surface area (Å²) in [5.41, 5.74) is 5.55. The van der Waals surface area contributed by atoms with Crippen LogP contribution in [-0.4, -0.2) is 30.8 Å². The molecule has 15 heavy (non-hydrogen) atoms. The first-order valence-corrected chi connectivity index (χ1v) is 4.82. The number of nitrogens with zero attached hydrogens (tertiary/aromatic N) is 1. The average molecular weight is 212 g/mol. The second-order valence-electron chi connectivity index (χ2n) is 4.12. The Morgan fingerprint density at radius 3 is 2.60 bits per heavy atom. The van der Waals surface area contributed by atoms with E-state index in [1.165, 1.54) is 6.07 Å². The number of aliphatic hydroxyl groups is 1. The Kier molecular flexibility index (Phi) is 3.66. The molecular formula is C11H17FN2O. The largest absolute Gasteiger partial charge is 0.394 e. The van der Waals surface area contributed by atoms with Gasteiger partial charge in [0.25, 0.3) is 0 Å². The first-order chi connectivity index (χ1) is 6.96. The molecule has 1 rings (SSSR count). The smallest absolute Gasteiger partial charge is 0.146 e. The molecule has 0 spiro atoms. The highest BCUT2D eigenvalue weighted by Crippen LogP contribution is 2.18. The fourth-order valence-electron chi connectivity index (χ4n) is 1.44. The van der Waals surface area contributed by atoms with Crippen molar-refractivity contribution in [3.05, 3.63) is 30.1 Å². The van der Waals surface area contributed by atoms with Crippen LogP contribution >= 0.6 is 0 Å². The van der Waals surface area contributed by atoms with Crippen molar-refractivity contribution in [2.75, 3.05) is 25.1 Å². The molecule has 1 aromatic rings. The van der Waals surface area contributed by atoms with Gasteiger partial charge in [-0.15, -0.1) is 0 Å². The summed E-state index contributed by atoms with van der Waals surface area (Å²) in [6.07, 6.45) is 0. The van der Waals surface area contributed by atoms with Crippen LogP contribution in [-0.2, 0) is 0 Å². The maximum absolute atomic E-state index is 13.4. The van der Waals surface area contributed by atoms with Crippen LogP contribution in [0.4, 0.5) is 10.1 Å². The highest BCUT2D eigenvalue weighted by Gasteiger charge is 2.20. The molecule has 0 saturated heterocycles. The summed E-state index contributed by atoms with van der Waals surface area (Å²) >= 11 is 0. The Bertz CT molecular complexity index is 328. The summed E-state index contributed by atoms with van der Waals surface area (Å²) in [7, 11) is 1.75. The van der Waals surface area contributed by atoms with Crippen LogP contribution in [0.5, 0.6) is 0 Å². The lowest BCUT2D eigenvalue weighted by Gasteiger charge is -2.29. The number of halogens is 1. The van der Waals surface area contributed by atoms with Gasteiger partial charge >= 0.3 is 0 Å². The maximum Gasteiger partial charge on any atom is 0.146 e. The van der Waals surface area contributed by atoms with E-state index in [1.807, 2.05) is 0 Å². The summed E-state index contributed by atoms with van der Waals surface area (Å²) in [5, 5.41) is 9.01. The molecule has 1 unspecified atom stereocenters. The summed E-state index contributed by atoms with van der Waals surface area (Å²) in [4.78, 5) is 1.70. The Morgan fingerprint density at radius 1 is 1.47 bits per heavy atom. The van der Waals surface area contributed by atoms with Gasteiger partial charge in [-0.1, -0.05) is 12.1 Å². The van der Waals surface area contributed by atoms with Crippen LogP contribution in [0, 0.1) is 5.82 Å². The van der Waals surface area contributed by atoms with Gasteiger partial charge in [-0.3, -0.25) is 0 Å². The number of aliphatic hydroxyl groups excluding tert-OH is 1. The van der Waals surface area contributed by atoms with Crippen LogP contribution in [0.3, 0.4) is 0 Å². The summed E-state index contributed by atoms with van der Waals surface area (Å²) in [5.74, 6) is -0.284. The van der Waals surface area contributed by atoms with Gasteiger partial charge in [-0.05, 0) is 19.1 Å². The van der Waals surface area contributed by atoms with Crippen molar-refractivity contribution < 1.29 is 9.50 Å². The molecule has 0 amide bonds. The number of likely N-dealkylation sites (N-methyl/N-ethyl adjacent to an activating group) is 1. The molecule has 0 saturated carbocycles. The molecule has 4 heteroatoms. The first-order valence-electron chi connectivity index (χ1n) is 4.82. The summed E-state index contributed by atoms with van der Waals surface area (Å²) < 4.78 is 13.4. The molecule has 0 aromatic heterocycles. The van der Waals surface area contributed by atoms with E-state index in [1.54, 1.807) is 37.1 Å². The predicted molar refractivity (Wildman–Crippen MR) is 59.3 cm³/mol. The van der Waals surface area contributed by atoms with E-state index in [9.17, 15) is 4.39 Å². The van der Waals surface area contributed by atoms with Crippen LogP contribution in [0.1, 0.15) is 6.92 Å². The Hall–Kier alpha value is -1.13. The molecule has 0 heterocycles. The van der Waals surface area contributed by atoms with Gasteiger partial charge in [0.2, 0.25) is 0 Å². The Morgan fingerprint density at radius 2 is 2.07 bits per heavy atom. The maximum atomic E-state index is 13.4. The van der Waals surface area contributed by atoms with Gasteiger partial charge in [0.05, 0.1) is 17.8 Å². The number of benzene rings is 1. The lowest BCUT2D eigenvalue weighted by molar-refractivity contribution is 0.212. The SMILES string of the molecule is CN(CC(C)(N)CO)c1ccccc1F. The highest BCUT2D eigenvalue weighted by molar-refractivity contribution is 5.47. The zero-order chi connectivity index (χ0) is 11.5. The number of nitrogens with two attached hydrogens (primary N) is 1. The second-order valence-corrected chi connectivity index (χ2v) is 4.12. The fraction of sp³-hybridized carbons (Fsp3) is 0.455. The van der Waals surface area contributed by atoms with Crippen molar-refractivity contribution in [2.24, 2.45) is 5.73 Å². The molecule has 84 valence electrons. The van der Waals surface area contributed by atoms with Gasteiger partial charge in [-0.2, -0.15) is 0 Å². The zero-order valence-electron chi connectivity index (χ0n) is 9.07. The van der Waals surface area contributed by atoms with Crippen molar-refractivity contribution in [1.29, 1.82) is 0 Å². The molecule has 1 atom stereocenters.